The molecular weight excluding hydrogens is 297 g/mol. The number of alkyl halides is 3. The van der Waals surface area contributed by atoms with E-state index in [0.717, 1.165) is 24.2 Å². The molecule has 0 saturated heterocycles. The largest absolute Gasteiger partial charge is 0.573 e. The maximum absolute atomic E-state index is 12.2. The highest BCUT2D eigenvalue weighted by atomic mass is 19.4. The minimum Gasteiger partial charge on any atom is -0.406 e. The maximum Gasteiger partial charge on any atom is 0.573 e. The number of halogens is 3. The van der Waals surface area contributed by atoms with E-state index in [1.54, 1.807) is 18.5 Å². The van der Waals surface area contributed by atoms with Crippen molar-refractivity contribution in [1.29, 1.82) is 0 Å². The van der Waals surface area contributed by atoms with Gasteiger partial charge in [0.1, 0.15) is 17.9 Å². The van der Waals surface area contributed by atoms with Gasteiger partial charge in [-0.25, -0.2) is 0 Å². The average molecular weight is 312 g/mol. The predicted octanol–water partition coefficient (Wildman–Crippen LogP) is 2.49. The van der Waals surface area contributed by atoms with Crippen molar-refractivity contribution in [3.63, 3.8) is 0 Å². The van der Waals surface area contributed by atoms with E-state index in [-0.39, 0.29) is 11.3 Å². The Hall–Kier alpha value is -2.09. The predicted molar refractivity (Wildman–Crippen MR) is 71.9 cm³/mol. The number of nitrogens with zero attached hydrogens (tertiary/aromatic N) is 3. The molecule has 1 aromatic carbocycles. The van der Waals surface area contributed by atoms with Gasteiger partial charge in [-0.3, -0.25) is 0 Å². The SMILES string of the molecule is Cn1cnnc1CNC1(c2ccc(OC(F)(F)F)cc2)CC1. The van der Waals surface area contributed by atoms with Gasteiger partial charge in [0.15, 0.2) is 0 Å². The van der Waals surface area contributed by atoms with Crippen LogP contribution >= 0.6 is 0 Å². The third-order valence-corrected chi connectivity index (χ3v) is 3.78. The van der Waals surface area contributed by atoms with Gasteiger partial charge in [0.05, 0.1) is 6.54 Å². The van der Waals surface area contributed by atoms with Gasteiger partial charge in [-0.05, 0) is 30.5 Å². The van der Waals surface area contributed by atoms with E-state index >= 15 is 0 Å². The summed E-state index contributed by atoms with van der Waals surface area (Å²) in [5.41, 5.74) is 0.757. The smallest absolute Gasteiger partial charge is 0.406 e. The Morgan fingerprint density at radius 3 is 2.45 bits per heavy atom. The fraction of sp³-hybridized carbons (Fsp3) is 0.429. The number of hydrogen-bond acceptors (Lipinski definition) is 4. The van der Waals surface area contributed by atoms with Crippen molar-refractivity contribution in [1.82, 2.24) is 20.1 Å². The van der Waals surface area contributed by atoms with Crippen LogP contribution in [0.2, 0.25) is 0 Å². The van der Waals surface area contributed by atoms with Crippen LogP contribution in [0.3, 0.4) is 0 Å². The summed E-state index contributed by atoms with van der Waals surface area (Å²) in [6.07, 6.45) is -1.17. The van der Waals surface area contributed by atoms with Gasteiger partial charge >= 0.3 is 6.36 Å². The van der Waals surface area contributed by atoms with Crippen LogP contribution in [0.5, 0.6) is 5.75 Å². The second-order valence-electron chi connectivity index (χ2n) is 5.37. The molecule has 1 saturated carbocycles. The first kappa shape index (κ1) is 14.8. The van der Waals surface area contributed by atoms with E-state index in [2.05, 4.69) is 20.3 Å². The minimum atomic E-state index is -4.66. The molecule has 0 amide bonds. The first-order valence-electron chi connectivity index (χ1n) is 6.82. The molecule has 0 radical (unpaired) electrons. The summed E-state index contributed by atoms with van der Waals surface area (Å²) in [4.78, 5) is 0. The maximum atomic E-state index is 12.2. The standard InChI is InChI=1S/C14H15F3N4O/c1-21-9-19-20-12(21)8-18-13(6-7-13)10-2-4-11(5-3-10)22-14(15,16)17/h2-5,9,18H,6-8H2,1H3. The summed E-state index contributed by atoms with van der Waals surface area (Å²) in [5.74, 6) is 0.601. The topological polar surface area (TPSA) is 52.0 Å². The van der Waals surface area contributed by atoms with Crippen molar-refractivity contribution >= 4 is 0 Å². The molecule has 1 heterocycles. The van der Waals surface area contributed by atoms with Gasteiger partial charge in [0.25, 0.3) is 0 Å². The number of benzene rings is 1. The van der Waals surface area contributed by atoms with Crippen molar-refractivity contribution in [3.8, 4) is 5.75 Å². The lowest BCUT2D eigenvalue weighted by Crippen LogP contribution is -2.29. The lowest BCUT2D eigenvalue weighted by atomic mass is 10.0. The first-order valence-corrected chi connectivity index (χ1v) is 6.82. The molecule has 22 heavy (non-hydrogen) atoms. The van der Waals surface area contributed by atoms with E-state index in [1.165, 1.54) is 12.1 Å². The zero-order chi connectivity index (χ0) is 15.8. The van der Waals surface area contributed by atoms with Gasteiger partial charge in [-0.15, -0.1) is 23.4 Å². The number of aromatic nitrogens is 3. The van der Waals surface area contributed by atoms with Crippen molar-refractivity contribution in [2.75, 3.05) is 0 Å². The molecule has 0 unspecified atom stereocenters. The molecule has 1 aliphatic rings. The summed E-state index contributed by atoms with van der Waals surface area (Å²) in [7, 11) is 1.86. The van der Waals surface area contributed by atoms with E-state index in [1.807, 2.05) is 11.6 Å². The lowest BCUT2D eigenvalue weighted by molar-refractivity contribution is -0.274. The molecular formula is C14H15F3N4O. The molecule has 8 heteroatoms. The van der Waals surface area contributed by atoms with E-state index < -0.39 is 6.36 Å². The molecule has 1 fully saturated rings. The Kier molecular flexibility index (Phi) is 3.56. The number of hydrogen-bond donors (Lipinski definition) is 1. The third-order valence-electron chi connectivity index (χ3n) is 3.78. The molecule has 0 spiro atoms. The highest BCUT2D eigenvalue weighted by molar-refractivity contribution is 5.35. The quantitative estimate of drug-likeness (QED) is 0.921. The monoisotopic (exact) mass is 312 g/mol. The van der Waals surface area contributed by atoms with Crippen LogP contribution in [-0.4, -0.2) is 21.1 Å². The average Bonchev–Trinajstić information content (AvgIpc) is 3.12. The van der Waals surface area contributed by atoms with Crippen LogP contribution in [0.1, 0.15) is 24.2 Å². The fourth-order valence-corrected chi connectivity index (χ4v) is 2.38. The number of nitrogens with one attached hydrogen (secondary N) is 1. The summed E-state index contributed by atoms with van der Waals surface area (Å²) in [5, 5.41) is 11.2. The molecule has 0 atom stereocenters. The Balaban J connectivity index is 1.67. The molecule has 0 aliphatic heterocycles. The Labute approximate surface area is 125 Å². The third kappa shape index (κ3) is 3.22. The van der Waals surface area contributed by atoms with Gasteiger partial charge in [-0.1, -0.05) is 12.1 Å². The minimum absolute atomic E-state index is 0.192. The normalized spacial score (nSPS) is 16.5. The Morgan fingerprint density at radius 1 is 1.27 bits per heavy atom. The lowest BCUT2D eigenvalue weighted by Gasteiger charge is -2.18. The molecule has 3 rings (SSSR count). The first-order chi connectivity index (χ1) is 10.4. The molecule has 1 aromatic heterocycles. The zero-order valence-corrected chi connectivity index (χ0v) is 11.9. The molecule has 0 bridgehead atoms. The fourth-order valence-electron chi connectivity index (χ4n) is 2.38. The highest BCUT2D eigenvalue weighted by Crippen LogP contribution is 2.46. The number of rotatable bonds is 5. The number of ether oxygens (including phenoxy) is 1. The summed E-state index contributed by atoms with van der Waals surface area (Å²) in [6.45, 7) is 0.553. The van der Waals surface area contributed by atoms with Crippen molar-refractivity contribution in [2.45, 2.75) is 31.3 Å². The second-order valence-corrected chi connectivity index (χ2v) is 5.37. The van der Waals surface area contributed by atoms with Crippen molar-refractivity contribution in [2.24, 2.45) is 7.05 Å². The van der Waals surface area contributed by atoms with Crippen LogP contribution in [0.4, 0.5) is 13.2 Å². The van der Waals surface area contributed by atoms with E-state index in [9.17, 15) is 13.2 Å². The summed E-state index contributed by atoms with van der Waals surface area (Å²) in [6, 6.07) is 6.01. The molecule has 1 aliphatic carbocycles. The number of aryl methyl sites for hydroxylation is 1. The van der Waals surface area contributed by atoms with Crippen LogP contribution in [0.15, 0.2) is 30.6 Å². The second kappa shape index (κ2) is 5.28. The molecule has 1 N–H and O–H groups in total. The van der Waals surface area contributed by atoms with Crippen molar-refractivity contribution in [3.05, 3.63) is 42.0 Å². The van der Waals surface area contributed by atoms with E-state index in [4.69, 9.17) is 0 Å². The Morgan fingerprint density at radius 2 is 1.95 bits per heavy atom. The van der Waals surface area contributed by atoms with Gasteiger partial charge in [-0.2, -0.15) is 0 Å². The summed E-state index contributed by atoms with van der Waals surface area (Å²) >= 11 is 0. The van der Waals surface area contributed by atoms with Crippen LogP contribution in [0.25, 0.3) is 0 Å². The molecule has 5 nitrogen and oxygen atoms in total. The molecule has 118 valence electrons. The van der Waals surface area contributed by atoms with Crippen LogP contribution < -0.4 is 10.1 Å². The Bertz CT molecular complexity index is 647. The van der Waals surface area contributed by atoms with Gasteiger partial charge in [0.2, 0.25) is 0 Å². The van der Waals surface area contributed by atoms with Crippen molar-refractivity contribution < 1.29 is 17.9 Å². The van der Waals surface area contributed by atoms with E-state index in [0.29, 0.717) is 6.54 Å². The zero-order valence-electron chi connectivity index (χ0n) is 11.9. The van der Waals surface area contributed by atoms with Crippen LogP contribution in [-0.2, 0) is 19.1 Å². The van der Waals surface area contributed by atoms with Gasteiger partial charge < -0.3 is 14.6 Å². The molecule has 2 aromatic rings. The van der Waals surface area contributed by atoms with Crippen LogP contribution in [0, 0.1) is 0 Å². The summed E-state index contributed by atoms with van der Waals surface area (Å²) < 4.78 is 42.2. The van der Waals surface area contributed by atoms with Gasteiger partial charge in [0, 0.05) is 12.6 Å². The highest BCUT2D eigenvalue weighted by Gasteiger charge is 2.44.